The molecular weight excluding hydrogens is 260 g/mol. The van der Waals surface area contributed by atoms with Crippen molar-refractivity contribution in [2.45, 2.75) is 25.3 Å². The summed E-state index contributed by atoms with van der Waals surface area (Å²) in [4.78, 5) is 28.9. The molecule has 0 atom stereocenters. The molecule has 7 nitrogen and oxygen atoms in total. The van der Waals surface area contributed by atoms with Gasteiger partial charge in [0.25, 0.3) is 5.91 Å². The van der Waals surface area contributed by atoms with Crippen LogP contribution >= 0.6 is 0 Å². The molecule has 0 spiro atoms. The molecule has 1 saturated carbocycles. The average Bonchev–Trinajstić information content (AvgIpc) is 3.22. The molecule has 104 valence electrons. The summed E-state index contributed by atoms with van der Waals surface area (Å²) in [6.07, 6.45) is 3.93. The molecule has 1 N–H and O–H groups in total. The van der Waals surface area contributed by atoms with Gasteiger partial charge in [0.1, 0.15) is 0 Å². The number of nitrogens with one attached hydrogen (secondary N) is 1. The number of pyridine rings is 1. The van der Waals surface area contributed by atoms with Gasteiger partial charge >= 0.3 is 5.76 Å². The maximum atomic E-state index is 12.3. The fraction of sp³-hybridized carbons (Fsp3) is 0.385. The van der Waals surface area contributed by atoms with Crippen LogP contribution in [0.1, 0.15) is 40.7 Å². The lowest BCUT2D eigenvalue weighted by molar-refractivity contribution is 0.0772. The van der Waals surface area contributed by atoms with Crippen molar-refractivity contribution in [2.24, 2.45) is 0 Å². The highest BCUT2D eigenvalue weighted by Crippen LogP contribution is 2.39. The normalized spacial score (nSPS) is 14.2. The number of hydrogen-bond donors (Lipinski definition) is 1. The number of hydrogen-bond acceptors (Lipinski definition) is 5. The summed E-state index contributed by atoms with van der Waals surface area (Å²) in [7, 11) is 1.63. The summed E-state index contributed by atoms with van der Waals surface area (Å²) in [6, 6.07) is 3.52. The average molecular weight is 274 g/mol. The van der Waals surface area contributed by atoms with Gasteiger partial charge in [-0.05, 0) is 25.0 Å². The van der Waals surface area contributed by atoms with Gasteiger partial charge in [-0.3, -0.25) is 9.78 Å². The molecule has 7 heteroatoms. The van der Waals surface area contributed by atoms with Crippen LogP contribution in [0.3, 0.4) is 0 Å². The first-order valence-corrected chi connectivity index (χ1v) is 6.39. The van der Waals surface area contributed by atoms with Crippen molar-refractivity contribution in [2.75, 3.05) is 7.05 Å². The molecule has 1 fully saturated rings. The molecule has 0 radical (unpaired) electrons. The van der Waals surface area contributed by atoms with Crippen LogP contribution in [0.2, 0.25) is 0 Å². The van der Waals surface area contributed by atoms with Gasteiger partial charge in [-0.15, -0.1) is 5.10 Å². The monoisotopic (exact) mass is 274 g/mol. The molecule has 1 aliphatic carbocycles. The van der Waals surface area contributed by atoms with Gasteiger partial charge in [-0.2, -0.15) is 0 Å². The molecule has 0 bridgehead atoms. The van der Waals surface area contributed by atoms with E-state index in [1.54, 1.807) is 19.3 Å². The van der Waals surface area contributed by atoms with Gasteiger partial charge in [0.05, 0.1) is 6.54 Å². The summed E-state index contributed by atoms with van der Waals surface area (Å²) in [5.74, 6) is -0.0968. The van der Waals surface area contributed by atoms with Crippen molar-refractivity contribution >= 4 is 5.91 Å². The van der Waals surface area contributed by atoms with E-state index in [1.807, 2.05) is 6.07 Å². The molecule has 20 heavy (non-hydrogen) atoms. The smallest absolute Gasteiger partial charge is 0.391 e. The Hall–Kier alpha value is -2.44. The Balaban J connectivity index is 1.74. The molecule has 2 aromatic heterocycles. The number of rotatable bonds is 4. The van der Waals surface area contributed by atoms with Crippen molar-refractivity contribution in [3.05, 3.63) is 46.0 Å². The Morgan fingerprint density at radius 1 is 1.55 bits per heavy atom. The van der Waals surface area contributed by atoms with Crippen molar-refractivity contribution in [3.63, 3.8) is 0 Å². The van der Waals surface area contributed by atoms with E-state index in [2.05, 4.69) is 15.2 Å². The zero-order chi connectivity index (χ0) is 14.1. The first kappa shape index (κ1) is 12.6. The first-order chi connectivity index (χ1) is 9.63. The Kier molecular flexibility index (Phi) is 3.09. The quantitative estimate of drug-likeness (QED) is 0.894. The van der Waals surface area contributed by atoms with Gasteiger partial charge in [0.2, 0.25) is 5.89 Å². The molecule has 2 aromatic rings. The minimum atomic E-state index is -0.624. The zero-order valence-corrected chi connectivity index (χ0v) is 11.0. The van der Waals surface area contributed by atoms with E-state index in [-0.39, 0.29) is 18.3 Å². The predicted octanol–water partition coefficient (Wildman–Crippen LogP) is 0.907. The number of carbonyl (C=O) groups excluding carboxylic acids is 1. The lowest BCUT2D eigenvalue weighted by atomic mass is 10.1. The molecular formula is C13H14N4O3. The summed E-state index contributed by atoms with van der Waals surface area (Å²) >= 11 is 0. The standard InChI is InChI=1S/C13H14N4O3/c1-17(7-11-15-16-13(19)20-11)12(18)9-4-5-14-10(6-9)8-2-3-8/h4-6,8H,2-3,7H2,1H3,(H,16,19). The molecule has 0 aliphatic heterocycles. The number of carbonyl (C=O) groups is 1. The molecule has 2 heterocycles. The lowest BCUT2D eigenvalue weighted by Crippen LogP contribution is -2.26. The van der Waals surface area contributed by atoms with Crippen molar-refractivity contribution in [1.82, 2.24) is 20.1 Å². The third-order valence-electron chi connectivity index (χ3n) is 3.23. The molecule has 1 aliphatic rings. The number of aromatic nitrogens is 3. The number of nitrogens with zero attached hydrogens (tertiary/aromatic N) is 3. The summed E-state index contributed by atoms with van der Waals surface area (Å²) in [5, 5.41) is 5.84. The van der Waals surface area contributed by atoms with E-state index in [4.69, 9.17) is 4.42 Å². The number of amides is 1. The van der Waals surface area contributed by atoms with Crippen LogP contribution in [0.15, 0.2) is 27.5 Å². The number of H-pyrrole nitrogens is 1. The van der Waals surface area contributed by atoms with Crippen LogP contribution in [0, 0.1) is 0 Å². The molecule has 1 amide bonds. The van der Waals surface area contributed by atoms with Crippen molar-refractivity contribution in [1.29, 1.82) is 0 Å². The second-order valence-electron chi connectivity index (χ2n) is 4.91. The van der Waals surface area contributed by atoms with Crippen LogP contribution in [0.4, 0.5) is 0 Å². The highest BCUT2D eigenvalue weighted by atomic mass is 16.4. The number of aromatic amines is 1. The van der Waals surface area contributed by atoms with Crippen LogP contribution < -0.4 is 5.76 Å². The maximum absolute atomic E-state index is 12.3. The van der Waals surface area contributed by atoms with Crippen LogP contribution in [0.25, 0.3) is 0 Å². The summed E-state index contributed by atoms with van der Waals surface area (Å²) in [6.45, 7) is 0.138. The van der Waals surface area contributed by atoms with E-state index in [0.717, 1.165) is 18.5 Å². The van der Waals surface area contributed by atoms with E-state index in [9.17, 15) is 9.59 Å². The van der Waals surface area contributed by atoms with E-state index in [0.29, 0.717) is 11.5 Å². The second-order valence-corrected chi connectivity index (χ2v) is 4.91. The second kappa shape index (κ2) is 4.92. The van der Waals surface area contributed by atoms with Gasteiger partial charge in [0.15, 0.2) is 0 Å². The fourth-order valence-electron chi connectivity index (χ4n) is 2.01. The third-order valence-corrected chi connectivity index (χ3v) is 3.23. The molecule has 0 aromatic carbocycles. The summed E-state index contributed by atoms with van der Waals surface area (Å²) in [5.41, 5.74) is 1.55. The summed E-state index contributed by atoms with van der Waals surface area (Å²) < 4.78 is 4.78. The highest BCUT2D eigenvalue weighted by molar-refractivity contribution is 5.94. The Morgan fingerprint density at radius 2 is 2.35 bits per heavy atom. The zero-order valence-electron chi connectivity index (χ0n) is 11.0. The lowest BCUT2D eigenvalue weighted by Gasteiger charge is -2.15. The Morgan fingerprint density at radius 3 is 3.00 bits per heavy atom. The van der Waals surface area contributed by atoms with Crippen molar-refractivity contribution < 1.29 is 9.21 Å². The highest BCUT2D eigenvalue weighted by Gasteiger charge is 2.26. The van der Waals surface area contributed by atoms with Crippen molar-refractivity contribution in [3.8, 4) is 0 Å². The van der Waals surface area contributed by atoms with E-state index < -0.39 is 5.76 Å². The maximum Gasteiger partial charge on any atom is 0.434 e. The SMILES string of the molecule is CN(Cc1n[nH]c(=O)o1)C(=O)c1ccnc(C2CC2)c1. The largest absolute Gasteiger partial charge is 0.434 e. The van der Waals surface area contributed by atoms with Crippen LogP contribution in [-0.4, -0.2) is 33.0 Å². The van der Waals surface area contributed by atoms with E-state index >= 15 is 0 Å². The predicted molar refractivity (Wildman–Crippen MR) is 69.1 cm³/mol. The van der Waals surface area contributed by atoms with E-state index in [1.165, 1.54) is 4.90 Å². The fourth-order valence-corrected chi connectivity index (χ4v) is 2.01. The molecule has 0 saturated heterocycles. The van der Waals surface area contributed by atoms with Gasteiger partial charge < -0.3 is 9.32 Å². The Labute approximate surface area is 114 Å². The third kappa shape index (κ3) is 2.61. The van der Waals surface area contributed by atoms with Crippen LogP contribution in [-0.2, 0) is 6.54 Å². The Bertz CT molecular complexity index is 687. The minimum absolute atomic E-state index is 0.138. The minimum Gasteiger partial charge on any atom is -0.391 e. The van der Waals surface area contributed by atoms with Gasteiger partial charge in [-0.1, -0.05) is 0 Å². The first-order valence-electron chi connectivity index (χ1n) is 6.39. The topological polar surface area (TPSA) is 92.1 Å². The van der Waals surface area contributed by atoms with Gasteiger partial charge in [-0.25, -0.2) is 9.89 Å². The molecule has 0 unspecified atom stereocenters. The van der Waals surface area contributed by atoms with Gasteiger partial charge in [0, 0.05) is 30.4 Å². The molecule has 3 rings (SSSR count). The van der Waals surface area contributed by atoms with Crippen LogP contribution in [0.5, 0.6) is 0 Å².